The highest BCUT2D eigenvalue weighted by Gasteiger charge is 2.61. The van der Waals surface area contributed by atoms with Crippen LogP contribution in [0.4, 0.5) is 45.2 Å². The summed E-state index contributed by atoms with van der Waals surface area (Å²) in [5, 5.41) is 1.18. The average Bonchev–Trinajstić information content (AvgIpc) is 2.33. The fourth-order valence-corrected chi connectivity index (χ4v) is 1.67. The number of rotatable bonds is 3. The minimum absolute atomic E-state index is 0.167. The number of benzene rings is 1. The first kappa shape index (κ1) is 19.9. The summed E-state index contributed by atoms with van der Waals surface area (Å²) in [7, 11) is 0.906. The Labute approximate surface area is 128 Å². The second-order valence-electron chi connectivity index (χ2n) is 4.42. The van der Waals surface area contributed by atoms with E-state index in [1.54, 1.807) is 0 Å². The van der Waals surface area contributed by atoms with Gasteiger partial charge in [-0.25, -0.2) is 0 Å². The smallest absolute Gasteiger partial charge is 0.416 e. The lowest BCUT2D eigenvalue weighted by Crippen LogP contribution is -2.45. The molecule has 0 spiro atoms. The van der Waals surface area contributed by atoms with Gasteiger partial charge in [-0.2, -0.15) is 39.5 Å². The number of alkyl halides is 9. The molecule has 1 aromatic carbocycles. The second-order valence-corrected chi connectivity index (χ2v) is 4.42. The largest absolute Gasteiger partial charge is 0.495 e. The number of halogens is 9. The molecule has 0 aliphatic rings. The van der Waals surface area contributed by atoms with Crippen LogP contribution in [0, 0.1) is 5.92 Å². The number of methoxy groups -OCH3 is 1. The topological polar surface area (TPSA) is 38.3 Å². The second kappa shape index (κ2) is 6.40. The molecule has 12 heteroatoms. The van der Waals surface area contributed by atoms with Gasteiger partial charge in [0.2, 0.25) is 11.8 Å². The molecule has 0 unspecified atom stereocenters. The van der Waals surface area contributed by atoms with Crippen LogP contribution in [0.1, 0.15) is 5.56 Å². The van der Waals surface area contributed by atoms with Crippen molar-refractivity contribution in [3.8, 4) is 5.75 Å². The monoisotopic (exact) mass is 369 g/mol. The van der Waals surface area contributed by atoms with E-state index in [-0.39, 0.29) is 6.07 Å². The van der Waals surface area contributed by atoms with Gasteiger partial charge in [0.25, 0.3) is 0 Å². The number of hydrogen-bond acceptors (Lipinski definition) is 2. The summed E-state index contributed by atoms with van der Waals surface area (Å²) < 4.78 is 117. The summed E-state index contributed by atoms with van der Waals surface area (Å²) in [4.78, 5) is 11.3. The van der Waals surface area contributed by atoms with Crippen molar-refractivity contribution in [2.45, 2.75) is 18.5 Å². The third kappa shape index (κ3) is 4.68. The summed E-state index contributed by atoms with van der Waals surface area (Å²) in [6, 6.07) is 1.30. The van der Waals surface area contributed by atoms with E-state index in [9.17, 15) is 44.3 Å². The van der Waals surface area contributed by atoms with Crippen LogP contribution < -0.4 is 10.1 Å². The summed E-state index contributed by atoms with van der Waals surface area (Å²) in [5.41, 5.74) is -2.37. The highest BCUT2D eigenvalue weighted by molar-refractivity contribution is 5.95. The van der Waals surface area contributed by atoms with Crippen molar-refractivity contribution in [3.05, 3.63) is 23.8 Å². The Balaban J connectivity index is 3.25. The van der Waals surface area contributed by atoms with Crippen molar-refractivity contribution < 1.29 is 49.0 Å². The van der Waals surface area contributed by atoms with E-state index in [0.29, 0.717) is 12.1 Å². The van der Waals surface area contributed by atoms with Gasteiger partial charge < -0.3 is 10.1 Å². The molecular weight excluding hydrogens is 361 g/mol. The normalized spacial score (nSPS) is 13.1. The van der Waals surface area contributed by atoms with Crippen molar-refractivity contribution in [2.75, 3.05) is 12.4 Å². The molecule has 0 atom stereocenters. The van der Waals surface area contributed by atoms with E-state index in [4.69, 9.17) is 0 Å². The average molecular weight is 369 g/mol. The minimum atomic E-state index is -5.97. The van der Waals surface area contributed by atoms with Crippen molar-refractivity contribution in [1.29, 1.82) is 0 Å². The number of nitrogens with one attached hydrogen (secondary N) is 1. The maximum absolute atomic E-state index is 12.6. The van der Waals surface area contributed by atoms with Gasteiger partial charge in [-0.3, -0.25) is 4.79 Å². The zero-order valence-corrected chi connectivity index (χ0v) is 11.5. The van der Waals surface area contributed by atoms with Crippen LogP contribution in [0.2, 0.25) is 0 Å². The Bertz CT molecular complexity index is 590. The van der Waals surface area contributed by atoms with Crippen molar-refractivity contribution in [2.24, 2.45) is 5.92 Å². The number of hydrogen-bond donors (Lipinski definition) is 1. The lowest BCUT2D eigenvalue weighted by Gasteiger charge is -2.22. The Kier molecular flexibility index (Phi) is 5.31. The molecule has 0 fully saturated rings. The van der Waals surface area contributed by atoms with Gasteiger partial charge in [-0.1, -0.05) is 0 Å². The fourth-order valence-electron chi connectivity index (χ4n) is 1.67. The van der Waals surface area contributed by atoms with Crippen LogP contribution in [-0.4, -0.2) is 25.4 Å². The van der Waals surface area contributed by atoms with Crippen LogP contribution in [0.5, 0.6) is 5.75 Å². The van der Waals surface area contributed by atoms with Crippen LogP contribution in [0.3, 0.4) is 0 Å². The lowest BCUT2D eigenvalue weighted by molar-refractivity contribution is -0.272. The first-order valence-electron chi connectivity index (χ1n) is 5.87. The summed E-state index contributed by atoms with van der Waals surface area (Å²) in [6.45, 7) is 0. The van der Waals surface area contributed by atoms with Gasteiger partial charge in [0.05, 0.1) is 18.4 Å². The molecular formula is C12H8F9NO2. The molecule has 0 radical (unpaired) electrons. The Morgan fingerprint density at radius 3 is 1.88 bits per heavy atom. The Hall–Kier alpha value is -2.14. The highest BCUT2D eigenvalue weighted by Crippen LogP contribution is 2.41. The fraction of sp³-hybridized carbons (Fsp3) is 0.417. The predicted molar refractivity (Wildman–Crippen MR) is 62.2 cm³/mol. The zero-order chi connectivity index (χ0) is 18.9. The first-order chi connectivity index (χ1) is 10.7. The molecule has 1 N–H and O–H groups in total. The lowest BCUT2D eigenvalue weighted by atomic mass is 10.1. The van der Waals surface area contributed by atoms with Crippen LogP contribution in [-0.2, 0) is 11.0 Å². The van der Waals surface area contributed by atoms with Gasteiger partial charge in [-0.15, -0.1) is 0 Å². The van der Waals surface area contributed by atoms with Gasteiger partial charge in [0, 0.05) is 0 Å². The maximum atomic E-state index is 12.6. The number of carbonyl (C=O) groups is 1. The molecule has 0 saturated heterocycles. The van der Waals surface area contributed by atoms with E-state index in [0.717, 1.165) is 7.11 Å². The quantitative estimate of drug-likeness (QED) is 0.803. The van der Waals surface area contributed by atoms with E-state index < -0.39 is 47.4 Å². The SMILES string of the molecule is COc1ccc(C(F)(F)F)cc1NC(=O)C(C(F)(F)F)C(F)(F)F. The number of ether oxygens (including phenoxy) is 1. The molecule has 1 amide bonds. The number of carbonyl (C=O) groups excluding carboxylic acids is 1. The zero-order valence-electron chi connectivity index (χ0n) is 11.5. The van der Waals surface area contributed by atoms with Gasteiger partial charge in [0.1, 0.15) is 5.75 Å². The Morgan fingerprint density at radius 2 is 1.50 bits per heavy atom. The van der Waals surface area contributed by atoms with Crippen LogP contribution in [0.15, 0.2) is 18.2 Å². The van der Waals surface area contributed by atoms with E-state index in [2.05, 4.69) is 4.74 Å². The summed E-state index contributed by atoms with van der Waals surface area (Å²) in [5.74, 6) is -7.52. The molecule has 1 aromatic rings. The summed E-state index contributed by atoms with van der Waals surface area (Å²) >= 11 is 0. The molecule has 0 aliphatic carbocycles. The van der Waals surface area contributed by atoms with Gasteiger partial charge in [0.15, 0.2) is 0 Å². The van der Waals surface area contributed by atoms with E-state index in [1.165, 1.54) is 5.32 Å². The van der Waals surface area contributed by atoms with Crippen LogP contribution >= 0.6 is 0 Å². The van der Waals surface area contributed by atoms with Crippen molar-refractivity contribution >= 4 is 11.6 Å². The number of anilines is 1. The third-order valence-corrected chi connectivity index (χ3v) is 2.70. The molecule has 0 heterocycles. The minimum Gasteiger partial charge on any atom is -0.495 e. The molecule has 0 aromatic heterocycles. The van der Waals surface area contributed by atoms with Crippen molar-refractivity contribution in [1.82, 2.24) is 0 Å². The first-order valence-corrected chi connectivity index (χ1v) is 5.87. The van der Waals surface area contributed by atoms with E-state index in [1.807, 2.05) is 0 Å². The highest BCUT2D eigenvalue weighted by atomic mass is 19.4. The molecule has 136 valence electrons. The van der Waals surface area contributed by atoms with Crippen LogP contribution in [0.25, 0.3) is 0 Å². The van der Waals surface area contributed by atoms with E-state index >= 15 is 0 Å². The molecule has 0 bridgehead atoms. The molecule has 0 saturated carbocycles. The molecule has 24 heavy (non-hydrogen) atoms. The molecule has 0 aliphatic heterocycles. The van der Waals surface area contributed by atoms with Crippen molar-refractivity contribution in [3.63, 3.8) is 0 Å². The predicted octanol–water partition coefficient (Wildman–Crippen LogP) is 4.39. The standard InChI is InChI=1S/C12H8F9NO2/c1-24-7-3-2-5(10(13,14)15)4-6(7)22-9(23)8(11(16,17)18)12(19,20)21/h2-4,8H,1H3,(H,22,23). The van der Waals surface area contributed by atoms with Gasteiger partial charge >= 0.3 is 18.5 Å². The summed E-state index contributed by atoms with van der Waals surface area (Å²) in [6.07, 6.45) is -16.9. The Morgan fingerprint density at radius 1 is 1.00 bits per heavy atom. The maximum Gasteiger partial charge on any atom is 0.416 e. The molecule has 1 rings (SSSR count). The molecule has 3 nitrogen and oxygen atoms in total. The number of amides is 1. The third-order valence-electron chi connectivity index (χ3n) is 2.70. The van der Waals surface area contributed by atoms with Gasteiger partial charge in [-0.05, 0) is 18.2 Å².